The van der Waals surface area contributed by atoms with Crippen molar-refractivity contribution in [1.29, 1.82) is 0 Å². The first-order chi connectivity index (χ1) is 10.5. The molecule has 22 heavy (non-hydrogen) atoms. The summed E-state index contributed by atoms with van der Waals surface area (Å²) in [7, 11) is 4.47. The van der Waals surface area contributed by atoms with E-state index in [4.69, 9.17) is 19.3 Å². The fourth-order valence-corrected chi connectivity index (χ4v) is 2.79. The first-order valence-electron chi connectivity index (χ1n) is 6.22. The Morgan fingerprint density at radius 3 is 2.14 bits per heavy atom. The summed E-state index contributed by atoms with van der Waals surface area (Å²) in [5, 5.41) is 8.50. The lowest BCUT2D eigenvalue weighted by Gasteiger charge is -2.13. The second kappa shape index (κ2) is 6.71. The van der Waals surface area contributed by atoms with Gasteiger partial charge in [0, 0.05) is 0 Å². The highest BCUT2D eigenvalue weighted by molar-refractivity contribution is 8.18. The number of hydrogen-bond donors (Lipinski definition) is 1. The van der Waals surface area contributed by atoms with E-state index < -0.39 is 17.9 Å². The Kier molecular flexibility index (Phi) is 4.94. The summed E-state index contributed by atoms with van der Waals surface area (Å²) >= 11 is 0.764. The predicted octanol–water partition coefficient (Wildman–Crippen LogP) is 1.70. The molecule has 1 aromatic carbocycles. The molecule has 1 N–H and O–H groups in total. The predicted molar refractivity (Wildman–Crippen MR) is 81.0 cm³/mol. The van der Waals surface area contributed by atoms with E-state index in [2.05, 4.69) is 0 Å². The molecule has 2 amide bonds. The summed E-state index contributed by atoms with van der Waals surface area (Å²) in [4.78, 5) is 24.5. The zero-order chi connectivity index (χ0) is 16.3. The number of rotatable bonds is 5. The minimum absolute atomic E-state index is 0.216. The number of amides is 2. The highest BCUT2D eigenvalue weighted by atomic mass is 32.2. The highest BCUT2D eigenvalue weighted by Gasteiger charge is 2.34. The Hall–Kier alpha value is -2.19. The number of hydrogen-bond acceptors (Lipinski definition) is 7. The lowest BCUT2D eigenvalue weighted by Crippen LogP contribution is -2.28. The number of thioether (sulfide) groups is 1. The van der Waals surface area contributed by atoms with Crippen LogP contribution in [0.4, 0.5) is 4.79 Å². The van der Waals surface area contributed by atoms with Gasteiger partial charge in [0.25, 0.3) is 11.1 Å². The van der Waals surface area contributed by atoms with Crippen LogP contribution < -0.4 is 14.2 Å². The molecule has 118 valence electrons. The Morgan fingerprint density at radius 2 is 1.73 bits per heavy atom. The molecule has 0 aliphatic carbocycles. The van der Waals surface area contributed by atoms with E-state index in [0.29, 0.717) is 22.8 Å². The molecule has 1 aliphatic heterocycles. The molecule has 7 nitrogen and oxygen atoms in total. The van der Waals surface area contributed by atoms with E-state index in [1.165, 1.54) is 27.4 Å². The van der Waals surface area contributed by atoms with E-state index in [1.54, 1.807) is 12.1 Å². The molecular weight excluding hydrogens is 310 g/mol. The minimum Gasteiger partial charge on any atom is -0.493 e. The van der Waals surface area contributed by atoms with Gasteiger partial charge >= 0.3 is 0 Å². The molecule has 0 atom stereocenters. The molecule has 1 aromatic rings. The van der Waals surface area contributed by atoms with E-state index in [0.717, 1.165) is 16.7 Å². The molecule has 1 fully saturated rings. The van der Waals surface area contributed by atoms with Gasteiger partial charge in [0.05, 0.1) is 26.2 Å². The molecule has 0 spiro atoms. The van der Waals surface area contributed by atoms with Crippen LogP contribution in [0.3, 0.4) is 0 Å². The number of ether oxygens (including phenoxy) is 3. The van der Waals surface area contributed by atoms with E-state index in [1.807, 2.05) is 0 Å². The van der Waals surface area contributed by atoms with Crippen LogP contribution >= 0.6 is 11.8 Å². The number of imide groups is 1. The van der Waals surface area contributed by atoms with Crippen molar-refractivity contribution in [1.82, 2.24) is 4.90 Å². The third-order valence-corrected chi connectivity index (χ3v) is 3.91. The van der Waals surface area contributed by atoms with Crippen molar-refractivity contribution in [3.05, 3.63) is 22.6 Å². The van der Waals surface area contributed by atoms with Crippen LogP contribution in [0, 0.1) is 0 Å². The molecule has 2 rings (SSSR count). The van der Waals surface area contributed by atoms with Crippen molar-refractivity contribution in [3.8, 4) is 17.2 Å². The monoisotopic (exact) mass is 325 g/mol. The molecule has 1 aliphatic rings. The second-order valence-corrected chi connectivity index (χ2v) is 5.20. The van der Waals surface area contributed by atoms with E-state index in [9.17, 15) is 9.59 Å². The van der Waals surface area contributed by atoms with E-state index >= 15 is 0 Å². The van der Waals surface area contributed by atoms with Crippen molar-refractivity contribution in [3.63, 3.8) is 0 Å². The number of nitrogens with zero attached hydrogens (tertiary/aromatic N) is 1. The maximum atomic E-state index is 12.0. The van der Waals surface area contributed by atoms with Crippen LogP contribution in [0.2, 0.25) is 0 Å². The van der Waals surface area contributed by atoms with Crippen molar-refractivity contribution in [2.24, 2.45) is 0 Å². The molecule has 0 bridgehead atoms. The van der Waals surface area contributed by atoms with Gasteiger partial charge in [-0.25, -0.2) is 4.90 Å². The molecule has 0 radical (unpaired) electrons. The fraction of sp³-hybridized carbons (Fsp3) is 0.286. The van der Waals surface area contributed by atoms with Gasteiger partial charge < -0.3 is 19.3 Å². The number of methoxy groups -OCH3 is 3. The first kappa shape index (κ1) is 16.2. The summed E-state index contributed by atoms with van der Waals surface area (Å²) in [6, 6.07) is 3.32. The van der Waals surface area contributed by atoms with Crippen molar-refractivity contribution in [2.75, 3.05) is 28.1 Å². The summed E-state index contributed by atoms with van der Waals surface area (Å²) in [5.74, 6) is 0.779. The van der Waals surface area contributed by atoms with Gasteiger partial charge in [0.1, 0.15) is 6.73 Å². The first-order valence-corrected chi connectivity index (χ1v) is 7.03. The normalized spacial score (nSPS) is 16.4. The molecule has 0 aromatic heterocycles. The van der Waals surface area contributed by atoms with Gasteiger partial charge in [-0.3, -0.25) is 9.59 Å². The maximum absolute atomic E-state index is 12.0. The van der Waals surface area contributed by atoms with Gasteiger partial charge in [-0.05, 0) is 35.5 Å². The molecular formula is C14H15NO6S. The summed E-state index contributed by atoms with van der Waals surface area (Å²) in [6.45, 7) is -0.642. The van der Waals surface area contributed by atoms with Gasteiger partial charge in [0.15, 0.2) is 11.5 Å². The summed E-state index contributed by atoms with van der Waals surface area (Å²) in [6.07, 6.45) is 1.53. The van der Waals surface area contributed by atoms with Gasteiger partial charge in [0.2, 0.25) is 5.75 Å². The molecule has 0 unspecified atom stereocenters. The standard InChI is InChI=1S/C14H15NO6S/c1-19-9-4-8(5-10(20-2)12(9)21-3)6-11-13(17)15(7-16)14(18)22-11/h4-6,16H,7H2,1-3H3/b11-6+. The minimum atomic E-state index is -0.642. The number of carbonyl (C=O) groups excluding carboxylic acids is 2. The average molecular weight is 325 g/mol. The lowest BCUT2D eigenvalue weighted by atomic mass is 10.1. The fourth-order valence-electron chi connectivity index (χ4n) is 1.96. The zero-order valence-electron chi connectivity index (χ0n) is 12.3. The second-order valence-electron chi connectivity index (χ2n) is 4.21. The SMILES string of the molecule is COc1cc(/C=C2/SC(=O)N(CO)C2=O)cc(OC)c1OC. The maximum Gasteiger partial charge on any atom is 0.295 e. The highest BCUT2D eigenvalue weighted by Crippen LogP contribution is 2.40. The van der Waals surface area contributed by atoms with Crippen LogP contribution in [0.15, 0.2) is 17.0 Å². The Labute approximate surface area is 131 Å². The number of benzene rings is 1. The van der Waals surface area contributed by atoms with Crippen LogP contribution in [0.5, 0.6) is 17.2 Å². The van der Waals surface area contributed by atoms with Gasteiger partial charge in [-0.2, -0.15) is 0 Å². The Bertz CT molecular complexity index is 617. The molecule has 1 heterocycles. The van der Waals surface area contributed by atoms with Crippen LogP contribution in [-0.2, 0) is 4.79 Å². The van der Waals surface area contributed by atoms with Crippen molar-refractivity contribution < 1.29 is 28.9 Å². The molecule has 0 saturated carbocycles. The largest absolute Gasteiger partial charge is 0.493 e. The van der Waals surface area contributed by atoms with Gasteiger partial charge in [-0.1, -0.05) is 0 Å². The average Bonchev–Trinajstić information content (AvgIpc) is 2.79. The van der Waals surface area contributed by atoms with Crippen LogP contribution in [-0.4, -0.2) is 49.2 Å². The Balaban J connectivity index is 2.44. The van der Waals surface area contributed by atoms with E-state index in [-0.39, 0.29) is 4.91 Å². The lowest BCUT2D eigenvalue weighted by molar-refractivity contribution is -0.125. The molecule has 1 saturated heterocycles. The quantitative estimate of drug-likeness (QED) is 0.825. The smallest absolute Gasteiger partial charge is 0.295 e. The summed E-state index contributed by atoms with van der Waals surface area (Å²) < 4.78 is 15.7. The number of aliphatic hydroxyl groups is 1. The van der Waals surface area contributed by atoms with Crippen molar-refractivity contribution in [2.45, 2.75) is 0 Å². The summed E-state index contributed by atoms with van der Waals surface area (Å²) in [5.41, 5.74) is 0.609. The molecule has 8 heteroatoms. The van der Waals surface area contributed by atoms with Crippen LogP contribution in [0.1, 0.15) is 5.56 Å². The topological polar surface area (TPSA) is 85.3 Å². The van der Waals surface area contributed by atoms with Gasteiger partial charge in [-0.15, -0.1) is 0 Å². The number of carbonyl (C=O) groups is 2. The zero-order valence-corrected chi connectivity index (χ0v) is 13.1. The van der Waals surface area contributed by atoms with Crippen molar-refractivity contribution >= 4 is 29.0 Å². The third-order valence-electron chi connectivity index (χ3n) is 3.00. The number of aliphatic hydroxyl groups excluding tert-OH is 1. The van der Waals surface area contributed by atoms with Crippen LogP contribution in [0.25, 0.3) is 6.08 Å². The third kappa shape index (κ3) is 2.88. The Morgan fingerprint density at radius 1 is 1.14 bits per heavy atom.